The largest absolute Gasteiger partial charge is 0.0622 e. The number of rotatable bonds is 4. The summed E-state index contributed by atoms with van der Waals surface area (Å²) in [5, 5.41) is 0. The predicted molar refractivity (Wildman–Crippen MR) is 133 cm³/mol. The van der Waals surface area contributed by atoms with Gasteiger partial charge >= 0.3 is 0 Å². The summed E-state index contributed by atoms with van der Waals surface area (Å²) in [6.07, 6.45) is 0. The normalized spacial score (nSPS) is 10.7. The lowest BCUT2D eigenvalue weighted by molar-refractivity contribution is 1.46. The van der Waals surface area contributed by atoms with Crippen molar-refractivity contribution in [1.29, 1.82) is 0 Å². The van der Waals surface area contributed by atoms with Gasteiger partial charge < -0.3 is 0 Å². The monoisotopic (exact) mass is 396 g/mol. The van der Waals surface area contributed by atoms with E-state index in [2.05, 4.69) is 134 Å². The van der Waals surface area contributed by atoms with Crippen molar-refractivity contribution in [2.75, 3.05) is 0 Å². The van der Waals surface area contributed by atoms with Crippen molar-refractivity contribution >= 4 is 0 Å². The first-order chi connectivity index (χ1) is 15.3. The molecular weight excluding hydrogens is 372 g/mol. The van der Waals surface area contributed by atoms with Crippen LogP contribution in [0, 0.1) is 6.92 Å². The minimum absolute atomic E-state index is 1.23. The summed E-state index contributed by atoms with van der Waals surface area (Å²) in [5.74, 6) is 0. The highest BCUT2D eigenvalue weighted by molar-refractivity contribution is 5.82. The summed E-state index contributed by atoms with van der Waals surface area (Å²) in [4.78, 5) is 0. The maximum atomic E-state index is 2.31. The van der Waals surface area contributed by atoms with Crippen molar-refractivity contribution < 1.29 is 0 Å². The van der Waals surface area contributed by atoms with Crippen LogP contribution < -0.4 is 0 Å². The maximum Gasteiger partial charge on any atom is -0.0171 e. The molecule has 0 aromatic heterocycles. The van der Waals surface area contributed by atoms with E-state index >= 15 is 0 Å². The van der Waals surface area contributed by atoms with Crippen molar-refractivity contribution in [1.82, 2.24) is 0 Å². The molecule has 5 aromatic rings. The molecule has 0 amide bonds. The highest BCUT2D eigenvalue weighted by Crippen LogP contribution is 2.34. The molecule has 0 unspecified atom stereocenters. The smallest absolute Gasteiger partial charge is 0.0171 e. The Morgan fingerprint density at radius 3 is 1.19 bits per heavy atom. The lowest BCUT2D eigenvalue weighted by Crippen LogP contribution is -1.87. The Bertz CT molecular complexity index is 1310. The SMILES string of the molecule is Cc1cccc(-c2cc(-c3ccccc3)cc(-c3cccc(-c4ccccc4)c3)c2)c1. The molecule has 0 radical (unpaired) electrons. The van der Waals surface area contributed by atoms with Crippen LogP contribution in [0.2, 0.25) is 0 Å². The summed E-state index contributed by atoms with van der Waals surface area (Å²) in [5.41, 5.74) is 11.2. The second kappa shape index (κ2) is 8.45. The molecule has 0 heterocycles. The van der Waals surface area contributed by atoms with Crippen molar-refractivity contribution in [2.24, 2.45) is 0 Å². The van der Waals surface area contributed by atoms with Gasteiger partial charge in [-0.2, -0.15) is 0 Å². The van der Waals surface area contributed by atoms with Crippen molar-refractivity contribution in [3.8, 4) is 44.5 Å². The molecule has 0 saturated carbocycles. The lowest BCUT2D eigenvalue weighted by Gasteiger charge is -2.13. The summed E-state index contributed by atoms with van der Waals surface area (Å²) in [7, 11) is 0. The van der Waals surface area contributed by atoms with E-state index in [9.17, 15) is 0 Å². The van der Waals surface area contributed by atoms with Gasteiger partial charge in [-0.1, -0.05) is 109 Å². The van der Waals surface area contributed by atoms with Gasteiger partial charge in [-0.05, 0) is 75.7 Å². The van der Waals surface area contributed by atoms with Gasteiger partial charge in [0.05, 0.1) is 0 Å². The van der Waals surface area contributed by atoms with Gasteiger partial charge in [0.15, 0.2) is 0 Å². The number of benzene rings is 5. The van der Waals surface area contributed by atoms with Crippen molar-refractivity contribution in [3.05, 3.63) is 133 Å². The highest BCUT2D eigenvalue weighted by atomic mass is 14.1. The van der Waals surface area contributed by atoms with Crippen LogP contribution in [-0.4, -0.2) is 0 Å². The van der Waals surface area contributed by atoms with E-state index in [1.807, 2.05) is 0 Å². The third-order valence-electron chi connectivity index (χ3n) is 5.69. The van der Waals surface area contributed by atoms with Gasteiger partial charge in [0.1, 0.15) is 0 Å². The van der Waals surface area contributed by atoms with E-state index < -0.39 is 0 Å². The molecule has 5 rings (SSSR count). The van der Waals surface area contributed by atoms with Crippen molar-refractivity contribution in [3.63, 3.8) is 0 Å². The Balaban J connectivity index is 1.67. The molecule has 0 aliphatic heterocycles. The summed E-state index contributed by atoms with van der Waals surface area (Å²) >= 11 is 0. The zero-order chi connectivity index (χ0) is 21.0. The lowest BCUT2D eigenvalue weighted by atomic mass is 9.92. The fourth-order valence-electron chi connectivity index (χ4n) is 4.09. The highest BCUT2D eigenvalue weighted by Gasteiger charge is 2.08. The van der Waals surface area contributed by atoms with Gasteiger partial charge in [0, 0.05) is 0 Å². The molecular formula is C31H24. The predicted octanol–water partition coefficient (Wildman–Crippen LogP) is 8.66. The zero-order valence-corrected chi connectivity index (χ0v) is 17.6. The van der Waals surface area contributed by atoms with Crippen LogP contribution in [0.15, 0.2) is 127 Å². The third-order valence-corrected chi connectivity index (χ3v) is 5.69. The van der Waals surface area contributed by atoms with E-state index in [-0.39, 0.29) is 0 Å². The van der Waals surface area contributed by atoms with Crippen LogP contribution in [0.3, 0.4) is 0 Å². The fraction of sp³-hybridized carbons (Fsp3) is 0.0323. The average molecular weight is 397 g/mol. The second-order valence-corrected chi connectivity index (χ2v) is 7.98. The maximum absolute atomic E-state index is 2.31. The Labute approximate surface area is 184 Å². The molecule has 0 fully saturated rings. The van der Waals surface area contributed by atoms with E-state index in [0.29, 0.717) is 0 Å². The first-order valence-electron chi connectivity index (χ1n) is 10.7. The van der Waals surface area contributed by atoms with Gasteiger partial charge in [0.2, 0.25) is 0 Å². The third kappa shape index (κ3) is 4.20. The summed E-state index contributed by atoms with van der Waals surface area (Å²) in [6, 6.07) is 45.7. The second-order valence-electron chi connectivity index (χ2n) is 7.98. The quantitative estimate of drug-likeness (QED) is 0.285. The van der Waals surface area contributed by atoms with E-state index in [4.69, 9.17) is 0 Å². The molecule has 0 heteroatoms. The molecule has 0 spiro atoms. The Morgan fingerprint density at radius 2 is 0.645 bits per heavy atom. The molecule has 0 nitrogen and oxygen atoms in total. The van der Waals surface area contributed by atoms with Crippen LogP contribution in [-0.2, 0) is 0 Å². The molecule has 0 aliphatic carbocycles. The first kappa shape index (κ1) is 19.1. The van der Waals surface area contributed by atoms with Crippen LogP contribution in [0.1, 0.15) is 5.56 Å². The van der Waals surface area contributed by atoms with Crippen LogP contribution in [0.25, 0.3) is 44.5 Å². The Kier molecular flexibility index (Phi) is 5.21. The molecule has 0 bridgehead atoms. The molecule has 0 saturated heterocycles. The fourth-order valence-corrected chi connectivity index (χ4v) is 4.09. The molecule has 31 heavy (non-hydrogen) atoms. The summed E-state index contributed by atoms with van der Waals surface area (Å²) < 4.78 is 0. The molecule has 0 N–H and O–H groups in total. The minimum atomic E-state index is 1.23. The zero-order valence-electron chi connectivity index (χ0n) is 17.6. The molecule has 5 aromatic carbocycles. The molecule has 148 valence electrons. The van der Waals surface area contributed by atoms with E-state index in [0.717, 1.165) is 0 Å². The Morgan fingerprint density at radius 1 is 0.290 bits per heavy atom. The van der Waals surface area contributed by atoms with Crippen LogP contribution >= 0.6 is 0 Å². The van der Waals surface area contributed by atoms with Gasteiger partial charge in [0.25, 0.3) is 0 Å². The molecule has 0 atom stereocenters. The van der Waals surface area contributed by atoms with Crippen molar-refractivity contribution in [2.45, 2.75) is 6.92 Å². The van der Waals surface area contributed by atoms with Crippen LogP contribution in [0.5, 0.6) is 0 Å². The first-order valence-corrected chi connectivity index (χ1v) is 10.7. The van der Waals surface area contributed by atoms with Gasteiger partial charge in [-0.3, -0.25) is 0 Å². The van der Waals surface area contributed by atoms with Crippen LogP contribution in [0.4, 0.5) is 0 Å². The van der Waals surface area contributed by atoms with Gasteiger partial charge in [-0.15, -0.1) is 0 Å². The number of hydrogen-bond acceptors (Lipinski definition) is 0. The molecule has 0 aliphatic rings. The summed E-state index contributed by atoms with van der Waals surface area (Å²) in [6.45, 7) is 2.15. The average Bonchev–Trinajstić information content (AvgIpc) is 2.85. The Hall–Kier alpha value is -3.90. The van der Waals surface area contributed by atoms with E-state index in [1.165, 1.54) is 50.1 Å². The standard InChI is InChI=1S/C31H24/c1-23-10-8-15-26(18-23)30-20-29(25-13-6-3-7-14-25)21-31(22-30)28-17-9-16-27(19-28)24-11-4-2-5-12-24/h2-22H,1H3. The minimum Gasteiger partial charge on any atom is -0.0622 e. The van der Waals surface area contributed by atoms with E-state index in [1.54, 1.807) is 0 Å². The number of hydrogen-bond donors (Lipinski definition) is 0. The van der Waals surface area contributed by atoms with Gasteiger partial charge in [-0.25, -0.2) is 0 Å². The number of aryl methyl sites for hydroxylation is 1. The topological polar surface area (TPSA) is 0 Å².